The van der Waals surface area contributed by atoms with E-state index in [1.54, 1.807) is 34.5 Å². The molecule has 5 heteroatoms. The summed E-state index contributed by atoms with van der Waals surface area (Å²) in [6, 6.07) is 23.6. The summed E-state index contributed by atoms with van der Waals surface area (Å²) in [4.78, 5) is 0. The molecule has 0 bridgehead atoms. The largest absolute Gasteiger partial charge is 4.00 e. The van der Waals surface area contributed by atoms with Gasteiger partial charge in [0, 0.05) is 16.1 Å². The Bertz CT molecular complexity index is 639. The Balaban J connectivity index is 0.000000490. The maximum absolute atomic E-state index is 2.45. The number of aryl methyl sites for hydroxylation is 2. The molecule has 0 aromatic heterocycles. The number of rotatable bonds is 6. The number of hydrogen-bond acceptors (Lipinski definition) is 0. The van der Waals surface area contributed by atoms with E-state index in [1.165, 1.54) is 48.9 Å². The van der Waals surface area contributed by atoms with Gasteiger partial charge in [-0.2, -0.15) is 35.4 Å². The van der Waals surface area contributed by atoms with Crippen LogP contribution in [0.4, 0.5) is 0 Å². The molecule has 0 spiro atoms. The Morgan fingerprint density at radius 2 is 1.07 bits per heavy atom. The van der Waals surface area contributed by atoms with Crippen LogP contribution in [0.3, 0.4) is 0 Å². The first kappa shape index (κ1) is 29.4. The van der Waals surface area contributed by atoms with Crippen LogP contribution in [-0.4, -0.2) is 16.1 Å². The molecular formula is C24H38Cl2Si2Ti. The molecule has 2 fully saturated rings. The van der Waals surface area contributed by atoms with Crippen molar-refractivity contribution in [1.82, 2.24) is 0 Å². The van der Waals surface area contributed by atoms with Crippen LogP contribution in [0.2, 0.25) is 36.3 Å². The molecule has 2 aliphatic heterocycles. The fourth-order valence-electron chi connectivity index (χ4n) is 5.32. The first-order chi connectivity index (χ1) is 12.5. The van der Waals surface area contributed by atoms with Gasteiger partial charge in [0.05, 0.1) is 0 Å². The van der Waals surface area contributed by atoms with E-state index in [9.17, 15) is 0 Å². The first-order valence-electron chi connectivity index (χ1n) is 11.0. The summed E-state index contributed by atoms with van der Waals surface area (Å²) >= 11 is 0. The van der Waals surface area contributed by atoms with E-state index < -0.39 is 16.1 Å². The zero-order valence-electron chi connectivity index (χ0n) is 18.8. The topological polar surface area (TPSA) is 0 Å². The van der Waals surface area contributed by atoms with E-state index in [0.29, 0.717) is 0 Å². The Labute approximate surface area is 209 Å². The van der Waals surface area contributed by atoms with E-state index in [4.69, 9.17) is 0 Å². The van der Waals surface area contributed by atoms with Gasteiger partial charge in [-0.1, -0.05) is 89.6 Å². The Hall–Kier alpha value is 0.428. The van der Waals surface area contributed by atoms with Gasteiger partial charge in [0.1, 0.15) is 0 Å². The van der Waals surface area contributed by atoms with Gasteiger partial charge >= 0.3 is 21.7 Å². The van der Waals surface area contributed by atoms with E-state index in [0.717, 1.165) is 0 Å². The van der Waals surface area contributed by atoms with Crippen molar-refractivity contribution < 1.29 is 46.5 Å². The quantitative estimate of drug-likeness (QED) is 0.397. The molecule has 0 saturated carbocycles. The molecule has 2 aliphatic rings. The van der Waals surface area contributed by atoms with Crippen LogP contribution in [0.15, 0.2) is 36.4 Å². The first-order valence-corrected chi connectivity index (χ1v) is 16.3. The summed E-state index contributed by atoms with van der Waals surface area (Å²) < 4.78 is 0. The van der Waals surface area contributed by atoms with E-state index in [2.05, 4.69) is 64.1 Å². The molecule has 0 nitrogen and oxygen atoms in total. The average molecular weight is 502 g/mol. The summed E-state index contributed by atoms with van der Waals surface area (Å²) in [7, 11) is -1.80. The van der Waals surface area contributed by atoms with Crippen molar-refractivity contribution in [2.45, 2.75) is 89.6 Å². The summed E-state index contributed by atoms with van der Waals surface area (Å²) in [5.74, 6) is 0. The minimum atomic E-state index is -0.898. The van der Waals surface area contributed by atoms with Gasteiger partial charge in [0.25, 0.3) is 0 Å². The predicted molar refractivity (Wildman–Crippen MR) is 123 cm³/mol. The van der Waals surface area contributed by atoms with E-state index in [1.807, 2.05) is 0 Å². The maximum Gasteiger partial charge on any atom is 4.00 e. The van der Waals surface area contributed by atoms with E-state index >= 15 is 0 Å². The molecule has 0 atom stereocenters. The molecule has 2 aromatic rings. The van der Waals surface area contributed by atoms with Gasteiger partial charge < -0.3 is 24.8 Å². The Kier molecular flexibility index (Phi) is 13.3. The van der Waals surface area contributed by atoms with Gasteiger partial charge in [-0.25, -0.2) is 22.5 Å². The van der Waals surface area contributed by atoms with Gasteiger partial charge in [-0.3, -0.25) is 0 Å². The molecule has 0 amide bonds. The van der Waals surface area contributed by atoms with Crippen LogP contribution in [-0.2, 0) is 21.7 Å². The number of halogens is 2. The van der Waals surface area contributed by atoms with Crippen LogP contribution in [0.1, 0.15) is 50.7 Å². The fraction of sp³-hybridized carbons (Fsp3) is 0.583. The van der Waals surface area contributed by atoms with Crippen LogP contribution in [0, 0.1) is 13.8 Å². The Morgan fingerprint density at radius 1 is 0.724 bits per heavy atom. The van der Waals surface area contributed by atoms with Crippen molar-refractivity contribution >= 4 is 26.5 Å². The molecule has 2 heterocycles. The predicted octanol–water partition coefficient (Wildman–Crippen LogP) is 0.372. The summed E-state index contributed by atoms with van der Waals surface area (Å²) in [6.45, 7) is 9.11. The standard InChI is InChI=1S/2C12H19Si.2ClH.Ti/c2*1-3-7-13(8-4-9-13)12-6-5-11(2)10-12;;;/h2*5-6,10H,3-4,7-9H2,1-2H3;2*1H;/q2*-1;;;+4/p-2. The van der Waals surface area contributed by atoms with Crippen LogP contribution < -0.4 is 35.2 Å². The third-order valence-electron chi connectivity index (χ3n) is 7.12. The third kappa shape index (κ3) is 6.70. The van der Waals surface area contributed by atoms with Crippen LogP contribution >= 0.6 is 0 Å². The fourth-order valence-corrected chi connectivity index (χ4v) is 14.3. The second-order valence-electron chi connectivity index (χ2n) is 9.12. The van der Waals surface area contributed by atoms with Gasteiger partial charge in [-0.15, -0.1) is 0 Å². The smallest absolute Gasteiger partial charge is 1.00 e. The molecule has 160 valence electrons. The van der Waals surface area contributed by atoms with Crippen molar-refractivity contribution in [3.63, 3.8) is 0 Å². The summed E-state index contributed by atoms with van der Waals surface area (Å²) in [5.41, 5.74) is 2.93. The van der Waals surface area contributed by atoms with E-state index in [-0.39, 0.29) is 46.5 Å². The minimum Gasteiger partial charge on any atom is -1.00 e. The molecular weight excluding hydrogens is 463 g/mol. The average Bonchev–Trinajstić information content (AvgIpc) is 3.16. The molecule has 0 N–H and O–H groups in total. The minimum absolute atomic E-state index is 0. The van der Waals surface area contributed by atoms with Crippen LogP contribution in [0.25, 0.3) is 0 Å². The zero-order chi connectivity index (χ0) is 18.6. The summed E-state index contributed by atoms with van der Waals surface area (Å²) in [5, 5.41) is 3.50. The van der Waals surface area contributed by atoms with Crippen molar-refractivity contribution in [1.29, 1.82) is 0 Å². The van der Waals surface area contributed by atoms with Crippen molar-refractivity contribution in [3.05, 3.63) is 47.5 Å². The molecule has 0 unspecified atom stereocenters. The van der Waals surface area contributed by atoms with Crippen molar-refractivity contribution in [2.24, 2.45) is 0 Å². The normalized spacial score (nSPS) is 17.8. The molecule has 2 saturated heterocycles. The molecule has 29 heavy (non-hydrogen) atoms. The van der Waals surface area contributed by atoms with Crippen LogP contribution in [0.5, 0.6) is 0 Å². The molecule has 0 aliphatic carbocycles. The maximum atomic E-state index is 2.45. The van der Waals surface area contributed by atoms with Crippen molar-refractivity contribution in [2.75, 3.05) is 0 Å². The van der Waals surface area contributed by atoms with Gasteiger partial charge in [0.2, 0.25) is 0 Å². The Morgan fingerprint density at radius 3 is 1.24 bits per heavy atom. The second kappa shape index (κ2) is 13.1. The van der Waals surface area contributed by atoms with Gasteiger partial charge in [-0.05, 0) is 0 Å². The SMILES string of the molecule is CCC[Si]1(c2cc[c-](C)c2)CCC1.CCC[Si]1(c2cc[c-](C)c2)CCC1.[Cl-].[Cl-].[Ti+4]. The van der Waals surface area contributed by atoms with Crippen molar-refractivity contribution in [3.8, 4) is 0 Å². The molecule has 2 aromatic carbocycles. The summed E-state index contributed by atoms with van der Waals surface area (Å²) in [6.07, 6.45) is 5.76. The second-order valence-corrected chi connectivity index (χ2v) is 18.4. The molecule has 0 radical (unpaired) electrons. The van der Waals surface area contributed by atoms with Gasteiger partial charge in [0.15, 0.2) is 0 Å². The number of hydrogen-bond donors (Lipinski definition) is 0. The monoisotopic (exact) mass is 500 g/mol. The third-order valence-corrected chi connectivity index (χ3v) is 18.3. The zero-order valence-corrected chi connectivity index (χ0v) is 23.9. The molecule has 4 rings (SSSR count).